The lowest BCUT2D eigenvalue weighted by molar-refractivity contribution is 0.200. The highest BCUT2D eigenvalue weighted by Gasteiger charge is 2.32. The van der Waals surface area contributed by atoms with Crippen molar-refractivity contribution in [3.05, 3.63) is 89.7 Å². The number of fused-ring (bicyclic) bond motifs is 1. The van der Waals surface area contributed by atoms with Crippen LogP contribution in [0.5, 0.6) is 11.5 Å². The van der Waals surface area contributed by atoms with Gasteiger partial charge in [0, 0.05) is 32.7 Å². The number of para-hydroxylation sites is 1. The standard InChI is InChI=1S/C29H31N7O2S/c1-37-24-13-12-22(20-25(24)38-2)27(28-31-32-33-36(28)15-14-21-8-4-3-5-9-21)34-16-18-35(19-17-34)29-30-23-10-6-7-11-26(23)39-29/h3-13,20,27H,14-19H2,1-2H3/t27-/m0/s1. The molecule has 1 fully saturated rings. The van der Waals surface area contributed by atoms with Gasteiger partial charge >= 0.3 is 0 Å². The zero-order chi connectivity index (χ0) is 26.6. The largest absolute Gasteiger partial charge is 0.493 e. The highest BCUT2D eigenvalue weighted by atomic mass is 32.1. The Morgan fingerprint density at radius 1 is 0.872 bits per heavy atom. The molecule has 0 saturated carbocycles. The van der Waals surface area contributed by atoms with E-state index in [-0.39, 0.29) is 6.04 Å². The van der Waals surface area contributed by atoms with Gasteiger partial charge in [0.05, 0.1) is 30.5 Å². The Bertz CT molecular complexity index is 1500. The number of benzene rings is 3. The maximum atomic E-state index is 5.65. The SMILES string of the molecule is COc1ccc([C@@H](c2nnnn2CCc2ccccc2)N2CCN(c3nc4ccccc4s3)CC2)cc1OC. The van der Waals surface area contributed by atoms with Crippen molar-refractivity contribution in [3.8, 4) is 11.5 Å². The summed E-state index contributed by atoms with van der Waals surface area (Å²) in [5.41, 5.74) is 3.38. The van der Waals surface area contributed by atoms with Crippen molar-refractivity contribution in [3.63, 3.8) is 0 Å². The van der Waals surface area contributed by atoms with Gasteiger partial charge in [-0.05, 0) is 52.2 Å². The number of hydrogen-bond acceptors (Lipinski definition) is 9. The average molecular weight is 542 g/mol. The van der Waals surface area contributed by atoms with Crippen molar-refractivity contribution >= 4 is 26.7 Å². The fourth-order valence-electron chi connectivity index (χ4n) is 5.16. The second-order valence-electron chi connectivity index (χ2n) is 9.50. The number of hydrogen-bond donors (Lipinski definition) is 0. The molecule has 0 bridgehead atoms. The van der Waals surface area contributed by atoms with Gasteiger partial charge in [-0.1, -0.05) is 59.9 Å². The molecule has 1 atom stereocenters. The van der Waals surface area contributed by atoms with Gasteiger partial charge in [0.15, 0.2) is 22.5 Å². The summed E-state index contributed by atoms with van der Waals surface area (Å²) in [6, 6.07) is 24.7. The normalized spacial score (nSPS) is 15.0. The van der Waals surface area contributed by atoms with Crippen LogP contribution in [-0.2, 0) is 13.0 Å². The summed E-state index contributed by atoms with van der Waals surface area (Å²) in [5, 5.41) is 14.1. The fraction of sp³-hybridized carbons (Fsp3) is 0.310. The number of rotatable bonds is 9. The minimum atomic E-state index is -0.131. The number of thiazole rings is 1. The van der Waals surface area contributed by atoms with Crippen LogP contribution < -0.4 is 14.4 Å². The van der Waals surface area contributed by atoms with Gasteiger partial charge in [-0.25, -0.2) is 9.67 Å². The summed E-state index contributed by atoms with van der Waals surface area (Å²) in [6.45, 7) is 4.13. The molecule has 0 N–H and O–H groups in total. The Hall–Kier alpha value is -4.02. The van der Waals surface area contributed by atoms with Gasteiger partial charge < -0.3 is 14.4 Å². The minimum Gasteiger partial charge on any atom is -0.493 e. The number of aryl methyl sites for hydroxylation is 2. The van der Waals surface area contributed by atoms with Crippen molar-refractivity contribution in [1.82, 2.24) is 30.1 Å². The lowest BCUT2D eigenvalue weighted by Crippen LogP contribution is -2.48. The molecular formula is C29H31N7O2S. The molecule has 10 heteroatoms. The highest BCUT2D eigenvalue weighted by Crippen LogP contribution is 2.36. The third-order valence-corrected chi connectivity index (χ3v) is 8.31. The first-order chi connectivity index (χ1) is 19.2. The molecule has 0 amide bonds. The van der Waals surface area contributed by atoms with Crippen molar-refractivity contribution < 1.29 is 9.47 Å². The van der Waals surface area contributed by atoms with E-state index in [1.165, 1.54) is 10.3 Å². The molecule has 200 valence electrons. The maximum Gasteiger partial charge on any atom is 0.186 e. The lowest BCUT2D eigenvalue weighted by Gasteiger charge is -2.39. The molecular weight excluding hydrogens is 510 g/mol. The predicted octanol–water partition coefficient (Wildman–Crippen LogP) is 4.45. The van der Waals surface area contributed by atoms with E-state index in [2.05, 4.69) is 73.9 Å². The molecule has 1 aliphatic heterocycles. The molecule has 2 aromatic heterocycles. The molecule has 0 radical (unpaired) electrons. The number of tetrazole rings is 1. The van der Waals surface area contributed by atoms with Crippen molar-refractivity contribution in [1.29, 1.82) is 0 Å². The van der Waals surface area contributed by atoms with Gasteiger partial charge in [0.25, 0.3) is 0 Å². The molecule has 3 heterocycles. The Kier molecular flexibility index (Phi) is 7.38. The van der Waals surface area contributed by atoms with Crippen molar-refractivity contribution in [2.24, 2.45) is 0 Å². The van der Waals surface area contributed by atoms with Gasteiger partial charge in [0.1, 0.15) is 0 Å². The maximum absolute atomic E-state index is 5.65. The molecule has 0 spiro atoms. The van der Waals surface area contributed by atoms with Crippen LogP contribution in [0.25, 0.3) is 10.2 Å². The minimum absolute atomic E-state index is 0.131. The fourth-order valence-corrected chi connectivity index (χ4v) is 6.18. The summed E-state index contributed by atoms with van der Waals surface area (Å²) >= 11 is 1.75. The van der Waals surface area contributed by atoms with Crippen LogP contribution in [0.1, 0.15) is 23.0 Å². The molecule has 6 rings (SSSR count). The molecule has 9 nitrogen and oxygen atoms in total. The van der Waals surface area contributed by atoms with E-state index >= 15 is 0 Å². The Morgan fingerprint density at radius 3 is 2.41 bits per heavy atom. The van der Waals surface area contributed by atoms with Crippen LogP contribution in [0.4, 0.5) is 5.13 Å². The van der Waals surface area contributed by atoms with Gasteiger partial charge in [-0.2, -0.15) is 0 Å². The van der Waals surface area contributed by atoms with E-state index in [9.17, 15) is 0 Å². The predicted molar refractivity (Wildman–Crippen MR) is 153 cm³/mol. The van der Waals surface area contributed by atoms with E-state index in [0.717, 1.165) is 54.6 Å². The zero-order valence-corrected chi connectivity index (χ0v) is 22.9. The Labute approximate surface area is 231 Å². The number of aromatic nitrogens is 5. The summed E-state index contributed by atoms with van der Waals surface area (Å²) < 4.78 is 14.3. The third kappa shape index (κ3) is 5.30. The lowest BCUT2D eigenvalue weighted by atomic mass is 10.0. The monoisotopic (exact) mass is 541 g/mol. The van der Waals surface area contributed by atoms with E-state index in [1.54, 1.807) is 25.6 Å². The second-order valence-corrected chi connectivity index (χ2v) is 10.5. The second kappa shape index (κ2) is 11.4. The van der Waals surface area contributed by atoms with Crippen molar-refractivity contribution in [2.45, 2.75) is 19.0 Å². The first-order valence-corrected chi connectivity index (χ1v) is 13.9. The summed E-state index contributed by atoms with van der Waals surface area (Å²) in [6.07, 6.45) is 0.850. The van der Waals surface area contributed by atoms with E-state index in [0.29, 0.717) is 18.0 Å². The van der Waals surface area contributed by atoms with Crippen LogP contribution in [0.15, 0.2) is 72.8 Å². The first kappa shape index (κ1) is 25.3. The molecule has 1 aliphatic rings. The van der Waals surface area contributed by atoms with Gasteiger partial charge in [-0.15, -0.1) is 5.10 Å². The van der Waals surface area contributed by atoms with Gasteiger partial charge in [0.2, 0.25) is 0 Å². The van der Waals surface area contributed by atoms with Crippen LogP contribution in [-0.4, -0.2) is 70.5 Å². The number of piperazine rings is 1. The molecule has 0 unspecified atom stereocenters. The third-order valence-electron chi connectivity index (χ3n) is 7.22. The average Bonchev–Trinajstić information content (AvgIpc) is 3.64. The topological polar surface area (TPSA) is 81.4 Å². The quantitative estimate of drug-likeness (QED) is 0.271. The summed E-state index contributed by atoms with van der Waals surface area (Å²) in [5.74, 6) is 2.22. The summed E-state index contributed by atoms with van der Waals surface area (Å²) in [7, 11) is 3.32. The zero-order valence-electron chi connectivity index (χ0n) is 22.1. The molecule has 39 heavy (non-hydrogen) atoms. The van der Waals surface area contributed by atoms with E-state index in [4.69, 9.17) is 14.5 Å². The van der Waals surface area contributed by atoms with Crippen LogP contribution in [0, 0.1) is 0 Å². The van der Waals surface area contributed by atoms with Crippen LogP contribution in [0.3, 0.4) is 0 Å². The number of anilines is 1. The number of methoxy groups -OCH3 is 2. The van der Waals surface area contributed by atoms with E-state index < -0.39 is 0 Å². The summed E-state index contributed by atoms with van der Waals surface area (Å²) in [4.78, 5) is 9.72. The van der Waals surface area contributed by atoms with E-state index in [1.807, 2.05) is 28.9 Å². The molecule has 5 aromatic rings. The van der Waals surface area contributed by atoms with Crippen LogP contribution >= 0.6 is 11.3 Å². The van der Waals surface area contributed by atoms with Gasteiger partial charge in [-0.3, -0.25) is 4.90 Å². The molecule has 0 aliphatic carbocycles. The molecule has 1 saturated heterocycles. The number of nitrogens with zero attached hydrogens (tertiary/aromatic N) is 7. The Morgan fingerprint density at radius 2 is 1.64 bits per heavy atom. The Balaban J connectivity index is 1.28. The first-order valence-electron chi connectivity index (χ1n) is 13.1. The molecule has 3 aromatic carbocycles. The number of ether oxygens (including phenoxy) is 2. The van der Waals surface area contributed by atoms with Crippen LogP contribution in [0.2, 0.25) is 0 Å². The smallest absolute Gasteiger partial charge is 0.186 e. The highest BCUT2D eigenvalue weighted by molar-refractivity contribution is 7.22. The van der Waals surface area contributed by atoms with Crippen molar-refractivity contribution in [2.75, 3.05) is 45.3 Å².